The molecule has 2 N–H and O–H groups in total. The van der Waals surface area contributed by atoms with Crippen molar-refractivity contribution in [1.82, 2.24) is 10.3 Å². The molecule has 2 rings (SSSR count). The molecule has 0 atom stereocenters. The van der Waals surface area contributed by atoms with E-state index in [1.807, 2.05) is 32.9 Å². The van der Waals surface area contributed by atoms with Crippen LogP contribution < -0.4 is 15.4 Å². The van der Waals surface area contributed by atoms with Gasteiger partial charge in [-0.15, -0.1) is 0 Å². The van der Waals surface area contributed by atoms with E-state index in [9.17, 15) is 9.59 Å². The van der Waals surface area contributed by atoms with Crippen LogP contribution in [-0.4, -0.2) is 30.5 Å². The Labute approximate surface area is 161 Å². The van der Waals surface area contributed by atoms with Crippen molar-refractivity contribution in [2.45, 2.75) is 36.8 Å². The van der Waals surface area contributed by atoms with E-state index in [4.69, 9.17) is 4.74 Å². The number of aryl methyl sites for hydroxylation is 1. The van der Waals surface area contributed by atoms with Crippen molar-refractivity contribution in [2.75, 3.05) is 19.0 Å². The molecule has 1 aromatic heterocycles. The fourth-order valence-corrected chi connectivity index (χ4v) is 4.12. The van der Waals surface area contributed by atoms with E-state index in [2.05, 4.69) is 15.6 Å². The number of aromatic nitrogens is 1. The van der Waals surface area contributed by atoms with Gasteiger partial charge in [-0.2, -0.15) is 0 Å². The van der Waals surface area contributed by atoms with Gasteiger partial charge in [0.05, 0.1) is 23.1 Å². The highest BCUT2D eigenvalue weighted by atomic mass is 32.2. The van der Waals surface area contributed by atoms with E-state index >= 15 is 0 Å². The van der Waals surface area contributed by atoms with Gasteiger partial charge in [0, 0.05) is 18.4 Å². The summed E-state index contributed by atoms with van der Waals surface area (Å²) in [6, 6.07) is 3.70. The number of benzene rings is 1. The molecule has 2 aromatic rings. The maximum absolute atomic E-state index is 12.5. The molecule has 26 heavy (non-hydrogen) atoms. The van der Waals surface area contributed by atoms with E-state index in [0.717, 1.165) is 14.7 Å². The third-order valence-electron chi connectivity index (χ3n) is 3.39. The fourth-order valence-electron chi connectivity index (χ4n) is 2.13. The zero-order valence-electron chi connectivity index (χ0n) is 15.5. The topological polar surface area (TPSA) is 80.3 Å². The molecule has 0 spiro atoms. The standard InChI is InChI=1S/C18H23N3O3S2/c1-10(2)8-19-17(23)13-7-15(11(3)6-14(13)24-5)25-16-9-20-18(26-16)21-12(4)22/h6-7,9-10H,8H2,1-5H3,(H,19,23)(H,20,21,22). The average molecular weight is 394 g/mol. The third-order valence-corrected chi connectivity index (χ3v) is 5.56. The molecule has 0 bridgehead atoms. The Morgan fingerprint density at radius 1 is 1.35 bits per heavy atom. The lowest BCUT2D eigenvalue weighted by atomic mass is 10.1. The summed E-state index contributed by atoms with van der Waals surface area (Å²) >= 11 is 2.90. The van der Waals surface area contributed by atoms with Crippen LogP contribution in [0.15, 0.2) is 27.4 Å². The Bertz CT molecular complexity index is 803. The Hall–Kier alpha value is -2.06. The first-order valence-corrected chi connectivity index (χ1v) is 9.81. The minimum absolute atomic E-state index is 0.152. The summed E-state index contributed by atoms with van der Waals surface area (Å²) in [6.07, 6.45) is 1.71. The SMILES string of the molecule is COc1cc(C)c(Sc2cnc(NC(C)=O)s2)cc1C(=O)NCC(C)C. The van der Waals surface area contributed by atoms with Crippen LogP contribution in [0.2, 0.25) is 0 Å². The van der Waals surface area contributed by atoms with Crippen molar-refractivity contribution in [3.8, 4) is 5.75 Å². The van der Waals surface area contributed by atoms with Crippen molar-refractivity contribution >= 4 is 40.0 Å². The van der Waals surface area contributed by atoms with Gasteiger partial charge in [0.1, 0.15) is 5.75 Å². The number of carbonyl (C=O) groups excluding carboxylic acids is 2. The molecule has 0 aliphatic rings. The number of carbonyl (C=O) groups is 2. The number of nitrogens with one attached hydrogen (secondary N) is 2. The summed E-state index contributed by atoms with van der Waals surface area (Å²) in [4.78, 5) is 28.8. The van der Waals surface area contributed by atoms with Crippen LogP contribution in [0, 0.1) is 12.8 Å². The maximum Gasteiger partial charge on any atom is 0.255 e. The first-order valence-electron chi connectivity index (χ1n) is 8.18. The second kappa shape index (κ2) is 9.05. The highest BCUT2D eigenvalue weighted by Gasteiger charge is 2.17. The molecule has 8 heteroatoms. The van der Waals surface area contributed by atoms with Gasteiger partial charge in [-0.1, -0.05) is 36.9 Å². The number of hydrogen-bond donors (Lipinski definition) is 2. The minimum Gasteiger partial charge on any atom is -0.496 e. The Morgan fingerprint density at radius 2 is 2.08 bits per heavy atom. The van der Waals surface area contributed by atoms with Crippen molar-refractivity contribution in [2.24, 2.45) is 5.92 Å². The van der Waals surface area contributed by atoms with Gasteiger partial charge < -0.3 is 15.4 Å². The lowest BCUT2D eigenvalue weighted by Crippen LogP contribution is -2.27. The Balaban J connectivity index is 2.25. The van der Waals surface area contributed by atoms with Crippen LogP contribution in [0.4, 0.5) is 5.13 Å². The largest absolute Gasteiger partial charge is 0.496 e. The van der Waals surface area contributed by atoms with Gasteiger partial charge in [0.2, 0.25) is 5.91 Å². The Kier molecular flexibility index (Phi) is 7.05. The lowest BCUT2D eigenvalue weighted by Gasteiger charge is -2.14. The predicted molar refractivity (Wildman–Crippen MR) is 105 cm³/mol. The third kappa shape index (κ3) is 5.47. The fraction of sp³-hybridized carbons (Fsp3) is 0.389. The molecule has 6 nitrogen and oxygen atoms in total. The summed E-state index contributed by atoms with van der Waals surface area (Å²) < 4.78 is 6.31. The molecule has 0 saturated carbocycles. The number of amides is 2. The summed E-state index contributed by atoms with van der Waals surface area (Å²) in [6.45, 7) is 8.11. The van der Waals surface area contributed by atoms with Crippen LogP contribution in [0.25, 0.3) is 0 Å². The number of hydrogen-bond acceptors (Lipinski definition) is 6. The minimum atomic E-state index is -0.152. The van der Waals surface area contributed by atoms with Gasteiger partial charge in [-0.05, 0) is 30.5 Å². The van der Waals surface area contributed by atoms with Gasteiger partial charge in [-0.3, -0.25) is 9.59 Å². The molecule has 1 aromatic carbocycles. The zero-order chi connectivity index (χ0) is 19.3. The quantitative estimate of drug-likeness (QED) is 0.744. The van der Waals surface area contributed by atoms with Crippen LogP contribution in [0.1, 0.15) is 36.7 Å². The van der Waals surface area contributed by atoms with Gasteiger partial charge in [-0.25, -0.2) is 4.98 Å². The monoisotopic (exact) mass is 393 g/mol. The van der Waals surface area contributed by atoms with Crippen molar-refractivity contribution < 1.29 is 14.3 Å². The second-order valence-electron chi connectivity index (χ2n) is 6.19. The molecule has 1 heterocycles. The summed E-state index contributed by atoms with van der Waals surface area (Å²) in [5, 5.41) is 6.15. The first kappa shape index (κ1) is 20.3. The van der Waals surface area contributed by atoms with E-state index < -0.39 is 0 Å². The van der Waals surface area contributed by atoms with E-state index in [1.165, 1.54) is 30.0 Å². The zero-order valence-corrected chi connectivity index (χ0v) is 17.1. The van der Waals surface area contributed by atoms with Gasteiger partial charge in [0.25, 0.3) is 5.91 Å². The highest BCUT2D eigenvalue weighted by molar-refractivity contribution is 8.01. The smallest absolute Gasteiger partial charge is 0.255 e. The van der Waals surface area contributed by atoms with E-state index in [0.29, 0.717) is 28.9 Å². The average Bonchev–Trinajstić information content (AvgIpc) is 3.00. The van der Waals surface area contributed by atoms with Crippen LogP contribution in [0.5, 0.6) is 5.75 Å². The van der Waals surface area contributed by atoms with E-state index in [-0.39, 0.29) is 11.8 Å². The van der Waals surface area contributed by atoms with Crippen molar-refractivity contribution in [3.05, 3.63) is 29.5 Å². The summed E-state index contributed by atoms with van der Waals surface area (Å²) in [5.41, 5.74) is 1.51. The van der Waals surface area contributed by atoms with Crippen LogP contribution in [-0.2, 0) is 4.79 Å². The van der Waals surface area contributed by atoms with Crippen LogP contribution in [0.3, 0.4) is 0 Å². The normalized spacial score (nSPS) is 10.7. The number of anilines is 1. The number of nitrogens with zero attached hydrogens (tertiary/aromatic N) is 1. The van der Waals surface area contributed by atoms with Gasteiger partial charge >= 0.3 is 0 Å². The molecule has 140 valence electrons. The van der Waals surface area contributed by atoms with E-state index in [1.54, 1.807) is 13.3 Å². The molecule has 0 fully saturated rings. The Morgan fingerprint density at radius 3 is 2.69 bits per heavy atom. The first-order chi connectivity index (χ1) is 12.3. The van der Waals surface area contributed by atoms with Crippen molar-refractivity contribution in [1.29, 1.82) is 0 Å². The molecule has 0 radical (unpaired) electrons. The van der Waals surface area contributed by atoms with Crippen molar-refractivity contribution in [3.63, 3.8) is 0 Å². The molecular formula is C18H23N3O3S2. The second-order valence-corrected chi connectivity index (χ2v) is 8.56. The number of methoxy groups -OCH3 is 1. The molecule has 0 aliphatic heterocycles. The molecule has 0 saturated heterocycles. The van der Waals surface area contributed by atoms with Gasteiger partial charge in [0.15, 0.2) is 5.13 Å². The molecular weight excluding hydrogens is 370 g/mol. The molecule has 2 amide bonds. The molecule has 0 unspecified atom stereocenters. The highest BCUT2D eigenvalue weighted by Crippen LogP contribution is 2.38. The molecule has 0 aliphatic carbocycles. The predicted octanol–water partition coefficient (Wildman–Crippen LogP) is 3.96. The summed E-state index contributed by atoms with van der Waals surface area (Å²) in [5.74, 6) is 0.617. The van der Waals surface area contributed by atoms with Crippen LogP contribution >= 0.6 is 23.1 Å². The number of thiazole rings is 1. The lowest BCUT2D eigenvalue weighted by molar-refractivity contribution is -0.114. The maximum atomic E-state index is 12.5. The number of ether oxygens (including phenoxy) is 1. The summed E-state index contributed by atoms with van der Waals surface area (Å²) in [7, 11) is 1.56. The number of rotatable bonds is 7.